The molecule has 2 unspecified atom stereocenters. The van der Waals surface area contributed by atoms with E-state index in [-0.39, 0.29) is 0 Å². The predicted octanol–water partition coefficient (Wildman–Crippen LogP) is 2.72. The van der Waals surface area contributed by atoms with Crippen molar-refractivity contribution < 1.29 is 4.74 Å². The fourth-order valence-corrected chi connectivity index (χ4v) is 2.77. The van der Waals surface area contributed by atoms with Gasteiger partial charge in [-0.3, -0.25) is 11.3 Å². The van der Waals surface area contributed by atoms with Crippen molar-refractivity contribution in [3.63, 3.8) is 0 Å². The molecule has 1 aromatic rings. The molecule has 0 radical (unpaired) electrons. The standard InChI is InChI=1S/C16H26N2O/c1-13-6-2-3-7-14(13)12-15(18-17)9-10-16-8-4-5-11-19-16/h2-3,6-7,15-16,18H,4-5,8-12,17H2,1H3. The van der Waals surface area contributed by atoms with Gasteiger partial charge in [-0.05, 0) is 56.6 Å². The summed E-state index contributed by atoms with van der Waals surface area (Å²) in [6, 6.07) is 8.87. The Balaban J connectivity index is 1.81. The lowest BCUT2D eigenvalue weighted by atomic mass is 9.96. The zero-order valence-corrected chi connectivity index (χ0v) is 11.9. The summed E-state index contributed by atoms with van der Waals surface area (Å²) in [6.07, 6.45) is 7.37. The first-order valence-corrected chi connectivity index (χ1v) is 7.42. The van der Waals surface area contributed by atoms with Crippen LogP contribution in [0, 0.1) is 6.92 Å². The molecule has 3 N–H and O–H groups in total. The molecule has 1 aliphatic rings. The molecule has 0 aliphatic carbocycles. The van der Waals surface area contributed by atoms with Gasteiger partial charge >= 0.3 is 0 Å². The van der Waals surface area contributed by atoms with Crippen LogP contribution in [0.2, 0.25) is 0 Å². The van der Waals surface area contributed by atoms with Crippen molar-refractivity contribution in [3.8, 4) is 0 Å². The fourth-order valence-electron chi connectivity index (χ4n) is 2.77. The SMILES string of the molecule is Cc1ccccc1CC(CCC1CCCCO1)NN. The van der Waals surface area contributed by atoms with Crippen LogP contribution in [-0.2, 0) is 11.2 Å². The Bertz CT molecular complexity index is 375. The van der Waals surface area contributed by atoms with Gasteiger partial charge in [0.2, 0.25) is 0 Å². The van der Waals surface area contributed by atoms with Crippen LogP contribution in [0.15, 0.2) is 24.3 Å². The molecule has 0 spiro atoms. The Morgan fingerprint density at radius 2 is 2.21 bits per heavy atom. The number of ether oxygens (including phenoxy) is 1. The van der Waals surface area contributed by atoms with Gasteiger partial charge in [-0.15, -0.1) is 0 Å². The summed E-state index contributed by atoms with van der Waals surface area (Å²) in [5.74, 6) is 5.70. The number of hydrogen-bond acceptors (Lipinski definition) is 3. The maximum absolute atomic E-state index is 5.78. The highest BCUT2D eigenvalue weighted by Crippen LogP contribution is 2.19. The van der Waals surface area contributed by atoms with Crippen LogP contribution in [0.5, 0.6) is 0 Å². The Morgan fingerprint density at radius 1 is 1.37 bits per heavy atom. The summed E-state index contributed by atoms with van der Waals surface area (Å²) in [6.45, 7) is 3.09. The highest BCUT2D eigenvalue weighted by Gasteiger charge is 2.16. The van der Waals surface area contributed by atoms with Gasteiger partial charge < -0.3 is 4.74 Å². The highest BCUT2D eigenvalue weighted by molar-refractivity contribution is 5.26. The number of hydrogen-bond donors (Lipinski definition) is 2. The molecule has 0 amide bonds. The van der Waals surface area contributed by atoms with E-state index in [1.807, 2.05) is 0 Å². The second-order valence-electron chi connectivity index (χ2n) is 5.56. The van der Waals surface area contributed by atoms with Crippen molar-refractivity contribution in [3.05, 3.63) is 35.4 Å². The van der Waals surface area contributed by atoms with Crippen LogP contribution in [-0.4, -0.2) is 18.8 Å². The minimum Gasteiger partial charge on any atom is -0.378 e. The van der Waals surface area contributed by atoms with Gasteiger partial charge in [-0.2, -0.15) is 0 Å². The lowest BCUT2D eigenvalue weighted by Crippen LogP contribution is -2.38. The molecule has 3 heteroatoms. The van der Waals surface area contributed by atoms with Gasteiger partial charge in [0.05, 0.1) is 6.10 Å². The molecule has 1 heterocycles. The number of aryl methyl sites for hydroxylation is 1. The first-order valence-electron chi connectivity index (χ1n) is 7.42. The van der Waals surface area contributed by atoms with Crippen molar-refractivity contribution in [2.75, 3.05) is 6.61 Å². The van der Waals surface area contributed by atoms with E-state index in [1.54, 1.807) is 0 Å². The third-order valence-electron chi connectivity index (χ3n) is 4.07. The van der Waals surface area contributed by atoms with E-state index in [1.165, 1.54) is 30.4 Å². The van der Waals surface area contributed by atoms with Gasteiger partial charge in [0.25, 0.3) is 0 Å². The molecule has 1 fully saturated rings. The molecule has 2 atom stereocenters. The first kappa shape index (κ1) is 14.5. The number of nitrogens with one attached hydrogen (secondary N) is 1. The lowest BCUT2D eigenvalue weighted by molar-refractivity contribution is 0.00858. The van der Waals surface area contributed by atoms with Crippen LogP contribution in [0.4, 0.5) is 0 Å². The predicted molar refractivity (Wildman–Crippen MR) is 78.8 cm³/mol. The van der Waals surface area contributed by atoms with Crippen LogP contribution >= 0.6 is 0 Å². The molecule has 0 saturated carbocycles. The van der Waals surface area contributed by atoms with Gasteiger partial charge in [0, 0.05) is 12.6 Å². The normalized spacial score (nSPS) is 21.3. The van der Waals surface area contributed by atoms with Crippen molar-refractivity contribution in [2.45, 2.75) is 57.6 Å². The average Bonchev–Trinajstić information content (AvgIpc) is 2.46. The molecular weight excluding hydrogens is 236 g/mol. The van der Waals surface area contributed by atoms with E-state index in [9.17, 15) is 0 Å². The molecule has 2 rings (SSSR count). The number of benzene rings is 1. The highest BCUT2D eigenvalue weighted by atomic mass is 16.5. The number of hydrazine groups is 1. The van der Waals surface area contributed by atoms with Crippen molar-refractivity contribution in [1.29, 1.82) is 0 Å². The Kier molecular flexibility index (Phi) is 5.83. The monoisotopic (exact) mass is 262 g/mol. The van der Waals surface area contributed by atoms with Crippen molar-refractivity contribution in [2.24, 2.45) is 5.84 Å². The minimum atomic E-state index is 0.339. The zero-order chi connectivity index (χ0) is 13.5. The summed E-state index contributed by atoms with van der Waals surface area (Å²) in [4.78, 5) is 0. The summed E-state index contributed by atoms with van der Waals surface area (Å²) in [7, 11) is 0. The maximum Gasteiger partial charge on any atom is 0.0575 e. The van der Waals surface area contributed by atoms with E-state index in [2.05, 4.69) is 36.6 Å². The second kappa shape index (κ2) is 7.63. The fraction of sp³-hybridized carbons (Fsp3) is 0.625. The smallest absolute Gasteiger partial charge is 0.0575 e. The van der Waals surface area contributed by atoms with Crippen LogP contribution in [0.3, 0.4) is 0 Å². The third-order valence-corrected chi connectivity index (χ3v) is 4.07. The quantitative estimate of drug-likeness (QED) is 0.612. The van der Waals surface area contributed by atoms with Gasteiger partial charge in [-0.25, -0.2) is 0 Å². The number of nitrogens with two attached hydrogens (primary N) is 1. The van der Waals surface area contributed by atoms with E-state index >= 15 is 0 Å². The molecule has 0 bridgehead atoms. The molecule has 1 aliphatic heterocycles. The largest absolute Gasteiger partial charge is 0.378 e. The molecule has 106 valence electrons. The summed E-state index contributed by atoms with van der Waals surface area (Å²) < 4.78 is 5.78. The average molecular weight is 262 g/mol. The van der Waals surface area contributed by atoms with Gasteiger partial charge in [0.1, 0.15) is 0 Å². The molecule has 3 nitrogen and oxygen atoms in total. The zero-order valence-electron chi connectivity index (χ0n) is 11.9. The molecule has 0 aromatic heterocycles. The number of rotatable bonds is 6. The van der Waals surface area contributed by atoms with E-state index in [0.717, 1.165) is 25.9 Å². The Morgan fingerprint density at radius 3 is 2.89 bits per heavy atom. The summed E-state index contributed by atoms with van der Waals surface area (Å²) in [5, 5.41) is 0. The van der Waals surface area contributed by atoms with Gasteiger partial charge in [-0.1, -0.05) is 24.3 Å². The first-order chi connectivity index (χ1) is 9.29. The van der Waals surface area contributed by atoms with Crippen LogP contribution in [0.25, 0.3) is 0 Å². The molecule has 1 aromatic carbocycles. The minimum absolute atomic E-state index is 0.339. The summed E-state index contributed by atoms with van der Waals surface area (Å²) in [5.41, 5.74) is 5.69. The van der Waals surface area contributed by atoms with E-state index in [4.69, 9.17) is 10.6 Å². The van der Waals surface area contributed by atoms with Crippen molar-refractivity contribution >= 4 is 0 Å². The molecule has 1 saturated heterocycles. The van der Waals surface area contributed by atoms with Crippen molar-refractivity contribution in [1.82, 2.24) is 5.43 Å². The molecule has 19 heavy (non-hydrogen) atoms. The van der Waals surface area contributed by atoms with E-state index < -0.39 is 0 Å². The third kappa shape index (κ3) is 4.60. The Labute approximate surface area is 116 Å². The van der Waals surface area contributed by atoms with Gasteiger partial charge in [0.15, 0.2) is 0 Å². The topological polar surface area (TPSA) is 47.3 Å². The summed E-state index contributed by atoms with van der Waals surface area (Å²) >= 11 is 0. The second-order valence-corrected chi connectivity index (χ2v) is 5.56. The van der Waals surface area contributed by atoms with Crippen LogP contribution in [0.1, 0.15) is 43.2 Å². The molecular formula is C16H26N2O. The Hall–Kier alpha value is -0.900. The maximum atomic E-state index is 5.78. The lowest BCUT2D eigenvalue weighted by Gasteiger charge is -2.25. The van der Waals surface area contributed by atoms with Crippen LogP contribution < -0.4 is 11.3 Å². The van der Waals surface area contributed by atoms with E-state index in [0.29, 0.717) is 12.1 Å².